The Balaban J connectivity index is 2.04. The second kappa shape index (κ2) is 3.13. The molecular weight excluding hydrogens is 234 g/mol. The maximum Gasteiger partial charge on any atom is 0.0701 e. The van der Waals surface area contributed by atoms with E-state index in [1.54, 1.807) is 0 Å². The van der Waals surface area contributed by atoms with Crippen molar-refractivity contribution in [3.05, 3.63) is 20.8 Å². The van der Waals surface area contributed by atoms with Crippen molar-refractivity contribution in [1.82, 2.24) is 5.32 Å². The monoisotopic (exact) mass is 245 g/mol. The topological polar surface area (TPSA) is 12.0 Å². The van der Waals surface area contributed by atoms with E-state index in [1.807, 2.05) is 11.3 Å². The molecule has 1 saturated carbocycles. The van der Waals surface area contributed by atoms with E-state index in [-0.39, 0.29) is 0 Å². The third kappa shape index (κ3) is 1.73. The first-order chi connectivity index (χ1) is 5.74. The van der Waals surface area contributed by atoms with E-state index in [1.165, 1.54) is 27.9 Å². The first kappa shape index (κ1) is 8.73. The molecule has 0 aliphatic heterocycles. The van der Waals surface area contributed by atoms with Crippen molar-refractivity contribution in [3.8, 4) is 0 Å². The minimum absolute atomic E-state index is 0.449. The maximum atomic E-state index is 3.48. The summed E-state index contributed by atoms with van der Waals surface area (Å²) in [6.45, 7) is 0. The van der Waals surface area contributed by atoms with Gasteiger partial charge in [0.15, 0.2) is 0 Å². The van der Waals surface area contributed by atoms with E-state index in [0.717, 1.165) is 0 Å². The van der Waals surface area contributed by atoms with Crippen LogP contribution in [0, 0.1) is 0 Å². The number of nitrogens with one attached hydrogen (secondary N) is 1. The van der Waals surface area contributed by atoms with Crippen LogP contribution in [0.4, 0.5) is 0 Å². The van der Waals surface area contributed by atoms with Crippen LogP contribution in [-0.2, 0) is 6.42 Å². The summed E-state index contributed by atoms with van der Waals surface area (Å²) in [4.78, 5) is 1.48. The quantitative estimate of drug-likeness (QED) is 0.864. The Morgan fingerprint density at radius 1 is 1.58 bits per heavy atom. The lowest BCUT2D eigenvalue weighted by molar-refractivity contribution is 0.553. The molecule has 1 N–H and O–H groups in total. The predicted octanol–water partition coefficient (Wildman–Crippen LogP) is 2.81. The van der Waals surface area contributed by atoms with Crippen LogP contribution in [0.2, 0.25) is 0 Å². The standard InChI is InChI=1S/C9H12BrNS/c1-11-9(4-5-9)6-7-2-3-8(10)12-7/h2-3,11H,4-6H2,1H3. The Bertz CT molecular complexity index is 278. The van der Waals surface area contributed by atoms with Crippen LogP contribution < -0.4 is 5.32 Å². The Kier molecular flexibility index (Phi) is 2.27. The highest BCUT2D eigenvalue weighted by Gasteiger charge is 2.40. The SMILES string of the molecule is CNC1(Cc2ccc(Br)s2)CC1. The molecule has 1 aromatic rings. The molecule has 0 amide bonds. The summed E-state index contributed by atoms with van der Waals surface area (Å²) in [5.74, 6) is 0. The highest BCUT2D eigenvalue weighted by molar-refractivity contribution is 9.11. The summed E-state index contributed by atoms with van der Waals surface area (Å²) in [5, 5.41) is 3.40. The van der Waals surface area contributed by atoms with Crippen molar-refractivity contribution < 1.29 is 0 Å². The fraction of sp³-hybridized carbons (Fsp3) is 0.556. The van der Waals surface area contributed by atoms with Gasteiger partial charge in [0, 0.05) is 10.4 Å². The van der Waals surface area contributed by atoms with Gasteiger partial charge < -0.3 is 5.32 Å². The van der Waals surface area contributed by atoms with Crippen molar-refractivity contribution in [3.63, 3.8) is 0 Å². The molecule has 12 heavy (non-hydrogen) atoms. The van der Waals surface area contributed by atoms with Crippen molar-refractivity contribution in [2.75, 3.05) is 7.05 Å². The molecule has 0 unspecified atom stereocenters. The summed E-state index contributed by atoms with van der Waals surface area (Å²) in [6.07, 6.45) is 3.86. The van der Waals surface area contributed by atoms with Crippen molar-refractivity contribution >= 4 is 27.3 Å². The number of hydrogen-bond donors (Lipinski definition) is 1. The summed E-state index contributed by atoms with van der Waals surface area (Å²) in [6, 6.07) is 4.35. The van der Waals surface area contributed by atoms with Gasteiger partial charge in [0.2, 0.25) is 0 Å². The van der Waals surface area contributed by atoms with E-state index in [4.69, 9.17) is 0 Å². The minimum atomic E-state index is 0.449. The summed E-state index contributed by atoms with van der Waals surface area (Å²) >= 11 is 5.33. The molecule has 1 nitrogen and oxygen atoms in total. The molecular formula is C9H12BrNS. The molecule has 3 heteroatoms. The van der Waals surface area contributed by atoms with Crippen LogP contribution in [-0.4, -0.2) is 12.6 Å². The molecule has 0 radical (unpaired) electrons. The number of rotatable bonds is 3. The molecule has 2 rings (SSSR count). The van der Waals surface area contributed by atoms with Crippen LogP contribution in [0.25, 0.3) is 0 Å². The first-order valence-corrected chi connectivity index (χ1v) is 5.78. The highest BCUT2D eigenvalue weighted by Crippen LogP contribution is 2.39. The normalized spacial score (nSPS) is 19.5. The average molecular weight is 246 g/mol. The van der Waals surface area contributed by atoms with Crippen LogP contribution in [0.15, 0.2) is 15.9 Å². The second-order valence-corrected chi connectivity index (χ2v) is 5.96. The zero-order chi connectivity index (χ0) is 8.60. The van der Waals surface area contributed by atoms with Gasteiger partial charge in [-0.25, -0.2) is 0 Å². The molecule has 0 saturated heterocycles. The Morgan fingerprint density at radius 2 is 2.33 bits per heavy atom. The first-order valence-electron chi connectivity index (χ1n) is 4.17. The van der Waals surface area contributed by atoms with Crippen LogP contribution in [0.5, 0.6) is 0 Å². The molecule has 66 valence electrons. The smallest absolute Gasteiger partial charge is 0.0701 e. The average Bonchev–Trinajstić information content (AvgIpc) is 2.71. The molecule has 1 aromatic heterocycles. The molecule has 0 aromatic carbocycles. The number of hydrogen-bond acceptors (Lipinski definition) is 2. The van der Waals surface area contributed by atoms with Crippen molar-refractivity contribution in [2.45, 2.75) is 24.8 Å². The molecule has 0 atom stereocenters. The molecule has 1 heterocycles. The zero-order valence-electron chi connectivity index (χ0n) is 7.06. The summed E-state index contributed by atoms with van der Waals surface area (Å²) in [5.41, 5.74) is 0.449. The number of likely N-dealkylation sites (N-methyl/N-ethyl adjacent to an activating group) is 1. The molecule has 1 fully saturated rings. The van der Waals surface area contributed by atoms with Crippen molar-refractivity contribution in [2.24, 2.45) is 0 Å². The van der Waals surface area contributed by atoms with Gasteiger partial charge in [-0.05, 0) is 54.4 Å². The van der Waals surface area contributed by atoms with Crippen molar-refractivity contribution in [1.29, 1.82) is 0 Å². The third-order valence-electron chi connectivity index (χ3n) is 2.53. The third-order valence-corrected chi connectivity index (χ3v) is 4.15. The Labute approximate surface area is 85.3 Å². The van der Waals surface area contributed by atoms with E-state index >= 15 is 0 Å². The van der Waals surface area contributed by atoms with Crippen LogP contribution in [0.3, 0.4) is 0 Å². The fourth-order valence-electron chi connectivity index (χ4n) is 1.45. The van der Waals surface area contributed by atoms with Gasteiger partial charge in [0.25, 0.3) is 0 Å². The van der Waals surface area contributed by atoms with E-state index in [0.29, 0.717) is 5.54 Å². The van der Waals surface area contributed by atoms with Gasteiger partial charge >= 0.3 is 0 Å². The van der Waals surface area contributed by atoms with E-state index < -0.39 is 0 Å². The summed E-state index contributed by atoms with van der Waals surface area (Å²) < 4.78 is 1.24. The molecule has 1 aliphatic carbocycles. The zero-order valence-corrected chi connectivity index (χ0v) is 9.46. The lowest BCUT2D eigenvalue weighted by Gasteiger charge is -2.11. The lowest BCUT2D eigenvalue weighted by atomic mass is 10.1. The van der Waals surface area contributed by atoms with E-state index in [9.17, 15) is 0 Å². The number of halogens is 1. The number of thiophene rings is 1. The highest BCUT2D eigenvalue weighted by atomic mass is 79.9. The largest absolute Gasteiger partial charge is 0.314 e. The fourth-order valence-corrected chi connectivity index (χ4v) is 3.07. The predicted molar refractivity (Wildman–Crippen MR) is 56.7 cm³/mol. The minimum Gasteiger partial charge on any atom is -0.314 e. The van der Waals surface area contributed by atoms with Gasteiger partial charge in [-0.2, -0.15) is 0 Å². The summed E-state index contributed by atoms with van der Waals surface area (Å²) in [7, 11) is 2.07. The van der Waals surface area contributed by atoms with E-state index in [2.05, 4.69) is 40.4 Å². The van der Waals surface area contributed by atoms with Gasteiger partial charge in [-0.1, -0.05) is 0 Å². The lowest BCUT2D eigenvalue weighted by Crippen LogP contribution is -2.29. The van der Waals surface area contributed by atoms with Crippen LogP contribution in [0.1, 0.15) is 17.7 Å². The van der Waals surface area contributed by atoms with Gasteiger partial charge in [-0.3, -0.25) is 0 Å². The molecule has 1 aliphatic rings. The Morgan fingerprint density at radius 3 is 2.75 bits per heavy atom. The van der Waals surface area contributed by atoms with Gasteiger partial charge in [-0.15, -0.1) is 11.3 Å². The van der Waals surface area contributed by atoms with Gasteiger partial charge in [0.1, 0.15) is 0 Å². The van der Waals surface area contributed by atoms with Crippen LogP contribution >= 0.6 is 27.3 Å². The van der Waals surface area contributed by atoms with Gasteiger partial charge in [0.05, 0.1) is 3.79 Å². The Hall–Kier alpha value is 0.140. The maximum absolute atomic E-state index is 3.48. The molecule has 0 spiro atoms. The second-order valence-electron chi connectivity index (χ2n) is 3.41. The molecule has 0 bridgehead atoms.